The van der Waals surface area contributed by atoms with Gasteiger partial charge in [0.25, 0.3) is 0 Å². The average Bonchev–Trinajstić information content (AvgIpc) is 3.33. The summed E-state index contributed by atoms with van der Waals surface area (Å²) in [5, 5.41) is 3.24. The van der Waals surface area contributed by atoms with E-state index in [0.29, 0.717) is 6.54 Å². The van der Waals surface area contributed by atoms with E-state index in [1.807, 2.05) is 54.6 Å². The van der Waals surface area contributed by atoms with Crippen LogP contribution < -0.4 is 16.0 Å². The number of carbonyl (C=O) groups is 1. The summed E-state index contributed by atoms with van der Waals surface area (Å²) in [6.45, 7) is 0.516. The SMILES string of the molecule is Nc1cccc(C(CNC(=O)C2CCCC2)N(c2ccccc2)c2ccccc2)c1. The fourth-order valence-electron chi connectivity index (χ4n) is 4.34. The summed E-state index contributed by atoms with van der Waals surface area (Å²) in [6.07, 6.45) is 4.29. The standard InChI is InChI=1S/C26H29N3O/c27-22-13-9-12-21(18-22)25(19-28-26(30)20-10-7-8-11-20)29(23-14-3-1-4-15-23)24-16-5-2-6-17-24/h1-6,9,12-18,20,25H,7-8,10-11,19,27H2,(H,28,30). The van der Waals surface area contributed by atoms with Crippen molar-refractivity contribution in [2.45, 2.75) is 31.7 Å². The number of amides is 1. The predicted molar refractivity (Wildman–Crippen MR) is 124 cm³/mol. The fourth-order valence-corrected chi connectivity index (χ4v) is 4.34. The van der Waals surface area contributed by atoms with Crippen LogP contribution in [-0.4, -0.2) is 12.5 Å². The highest BCUT2D eigenvalue weighted by molar-refractivity contribution is 5.79. The monoisotopic (exact) mass is 399 g/mol. The molecule has 154 valence electrons. The molecular formula is C26H29N3O. The first-order valence-corrected chi connectivity index (χ1v) is 10.7. The number of benzene rings is 3. The molecule has 0 spiro atoms. The molecular weight excluding hydrogens is 370 g/mol. The Labute approximate surface area is 178 Å². The van der Waals surface area contributed by atoms with E-state index in [9.17, 15) is 4.79 Å². The first kappa shape index (κ1) is 20.0. The molecule has 1 amide bonds. The van der Waals surface area contributed by atoms with E-state index < -0.39 is 0 Å². The van der Waals surface area contributed by atoms with Crippen LogP contribution in [-0.2, 0) is 4.79 Å². The number of nitrogen functional groups attached to an aromatic ring is 1. The number of rotatable bonds is 7. The van der Waals surface area contributed by atoms with Crippen LogP contribution in [0.3, 0.4) is 0 Å². The van der Waals surface area contributed by atoms with Crippen LogP contribution in [0, 0.1) is 5.92 Å². The van der Waals surface area contributed by atoms with E-state index in [0.717, 1.165) is 48.3 Å². The molecule has 1 aliphatic carbocycles. The molecule has 30 heavy (non-hydrogen) atoms. The van der Waals surface area contributed by atoms with Crippen molar-refractivity contribution in [2.75, 3.05) is 17.2 Å². The highest BCUT2D eigenvalue weighted by Gasteiger charge is 2.27. The Morgan fingerprint density at radius 2 is 1.50 bits per heavy atom. The Balaban J connectivity index is 1.70. The zero-order chi connectivity index (χ0) is 20.8. The third-order valence-electron chi connectivity index (χ3n) is 5.87. The van der Waals surface area contributed by atoms with E-state index in [4.69, 9.17) is 5.73 Å². The first-order valence-electron chi connectivity index (χ1n) is 10.7. The smallest absolute Gasteiger partial charge is 0.223 e. The van der Waals surface area contributed by atoms with Gasteiger partial charge >= 0.3 is 0 Å². The van der Waals surface area contributed by atoms with Gasteiger partial charge in [-0.15, -0.1) is 0 Å². The molecule has 3 aromatic rings. The summed E-state index contributed by atoms with van der Waals surface area (Å²) >= 11 is 0. The van der Waals surface area contributed by atoms with Crippen LogP contribution in [0.25, 0.3) is 0 Å². The maximum Gasteiger partial charge on any atom is 0.223 e. The average molecular weight is 400 g/mol. The van der Waals surface area contributed by atoms with Gasteiger partial charge in [-0.3, -0.25) is 4.79 Å². The van der Waals surface area contributed by atoms with Crippen LogP contribution >= 0.6 is 0 Å². The number of hydrogen-bond acceptors (Lipinski definition) is 3. The van der Waals surface area contributed by atoms with Crippen LogP contribution in [0.1, 0.15) is 37.3 Å². The van der Waals surface area contributed by atoms with Crippen molar-refractivity contribution in [2.24, 2.45) is 5.92 Å². The zero-order valence-corrected chi connectivity index (χ0v) is 17.2. The number of para-hydroxylation sites is 2. The van der Waals surface area contributed by atoms with Crippen molar-refractivity contribution in [1.82, 2.24) is 5.32 Å². The first-order chi connectivity index (χ1) is 14.7. The summed E-state index contributed by atoms with van der Waals surface area (Å²) in [6, 6.07) is 28.5. The summed E-state index contributed by atoms with van der Waals surface area (Å²) in [7, 11) is 0. The summed E-state index contributed by atoms with van der Waals surface area (Å²) in [5.41, 5.74) is 10.1. The molecule has 0 radical (unpaired) electrons. The normalized spacial score (nSPS) is 14.9. The Morgan fingerprint density at radius 1 is 0.900 bits per heavy atom. The Kier molecular flexibility index (Phi) is 6.33. The molecule has 4 rings (SSSR count). The molecule has 1 fully saturated rings. The van der Waals surface area contributed by atoms with E-state index >= 15 is 0 Å². The van der Waals surface area contributed by atoms with Gasteiger partial charge in [0.05, 0.1) is 6.04 Å². The van der Waals surface area contributed by atoms with Gasteiger partial charge in [0.2, 0.25) is 5.91 Å². The van der Waals surface area contributed by atoms with Gasteiger partial charge in [0, 0.05) is 29.5 Å². The number of nitrogens with zero attached hydrogens (tertiary/aromatic N) is 1. The van der Waals surface area contributed by atoms with Gasteiger partial charge < -0.3 is 16.0 Å². The highest BCUT2D eigenvalue weighted by Crippen LogP contribution is 2.35. The van der Waals surface area contributed by atoms with E-state index in [1.165, 1.54) is 0 Å². The molecule has 0 aliphatic heterocycles. The van der Waals surface area contributed by atoms with Crippen LogP contribution in [0.15, 0.2) is 84.9 Å². The van der Waals surface area contributed by atoms with Crippen molar-refractivity contribution < 1.29 is 4.79 Å². The maximum atomic E-state index is 12.8. The molecule has 4 nitrogen and oxygen atoms in total. The lowest BCUT2D eigenvalue weighted by Gasteiger charge is -2.35. The van der Waals surface area contributed by atoms with E-state index in [-0.39, 0.29) is 17.9 Å². The van der Waals surface area contributed by atoms with Gasteiger partial charge in [-0.1, -0.05) is 61.4 Å². The van der Waals surface area contributed by atoms with Gasteiger partial charge in [-0.25, -0.2) is 0 Å². The highest BCUT2D eigenvalue weighted by atomic mass is 16.1. The lowest BCUT2D eigenvalue weighted by Crippen LogP contribution is -2.38. The van der Waals surface area contributed by atoms with Crippen LogP contribution in [0.2, 0.25) is 0 Å². The molecule has 0 saturated heterocycles. The van der Waals surface area contributed by atoms with Crippen molar-refractivity contribution >= 4 is 23.0 Å². The summed E-state index contributed by atoms with van der Waals surface area (Å²) in [4.78, 5) is 15.1. The molecule has 0 aromatic heterocycles. The molecule has 0 heterocycles. The molecule has 3 aromatic carbocycles. The Morgan fingerprint density at radius 3 is 2.07 bits per heavy atom. The second-order valence-corrected chi connectivity index (χ2v) is 7.95. The third kappa shape index (κ3) is 4.65. The number of anilines is 3. The molecule has 1 unspecified atom stereocenters. The number of nitrogens with one attached hydrogen (secondary N) is 1. The second kappa shape index (κ2) is 9.49. The third-order valence-corrected chi connectivity index (χ3v) is 5.87. The number of nitrogens with two attached hydrogens (primary N) is 1. The van der Waals surface area contributed by atoms with Crippen molar-refractivity contribution in [3.05, 3.63) is 90.5 Å². The van der Waals surface area contributed by atoms with Crippen molar-refractivity contribution in [3.8, 4) is 0 Å². The summed E-state index contributed by atoms with van der Waals surface area (Å²) < 4.78 is 0. The predicted octanol–water partition coefficient (Wildman–Crippen LogP) is 5.45. The van der Waals surface area contributed by atoms with Gasteiger partial charge in [0.15, 0.2) is 0 Å². The molecule has 1 atom stereocenters. The molecule has 1 saturated carbocycles. The van der Waals surface area contributed by atoms with Gasteiger partial charge in [0.1, 0.15) is 0 Å². The second-order valence-electron chi connectivity index (χ2n) is 7.95. The largest absolute Gasteiger partial charge is 0.399 e. The van der Waals surface area contributed by atoms with Crippen molar-refractivity contribution in [3.63, 3.8) is 0 Å². The quantitative estimate of drug-likeness (QED) is 0.519. The Bertz CT molecular complexity index is 913. The zero-order valence-electron chi connectivity index (χ0n) is 17.2. The minimum atomic E-state index is -0.0800. The minimum Gasteiger partial charge on any atom is -0.399 e. The van der Waals surface area contributed by atoms with Gasteiger partial charge in [-0.05, 0) is 54.8 Å². The number of hydrogen-bond donors (Lipinski definition) is 2. The lowest BCUT2D eigenvalue weighted by atomic mass is 10.0. The molecule has 4 heteroatoms. The number of carbonyl (C=O) groups excluding carboxylic acids is 1. The summed E-state index contributed by atoms with van der Waals surface area (Å²) in [5.74, 6) is 0.316. The minimum absolute atomic E-state index is 0.0800. The van der Waals surface area contributed by atoms with E-state index in [2.05, 4.69) is 40.5 Å². The van der Waals surface area contributed by atoms with Crippen LogP contribution in [0.4, 0.5) is 17.1 Å². The molecule has 3 N–H and O–H groups in total. The van der Waals surface area contributed by atoms with E-state index in [1.54, 1.807) is 0 Å². The van der Waals surface area contributed by atoms with Gasteiger partial charge in [-0.2, -0.15) is 0 Å². The Hall–Kier alpha value is -3.27. The van der Waals surface area contributed by atoms with Crippen molar-refractivity contribution in [1.29, 1.82) is 0 Å². The maximum absolute atomic E-state index is 12.8. The fraction of sp³-hybridized carbons (Fsp3) is 0.269. The lowest BCUT2D eigenvalue weighted by molar-refractivity contribution is -0.124. The molecule has 0 bridgehead atoms. The topological polar surface area (TPSA) is 58.4 Å². The van der Waals surface area contributed by atoms with Crippen LogP contribution in [0.5, 0.6) is 0 Å². The molecule has 1 aliphatic rings.